The molecule has 0 saturated carbocycles. The molecule has 1 rings (SSSR count). The molecule has 2 amide bonds. The van der Waals surface area contributed by atoms with Crippen molar-refractivity contribution in [2.24, 2.45) is 0 Å². The number of carbonyl (C=O) groups is 2. The van der Waals surface area contributed by atoms with Crippen molar-refractivity contribution >= 4 is 24.4 Å². The van der Waals surface area contributed by atoms with Gasteiger partial charge in [-0.25, -0.2) is 0 Å². The third kappa shape index (κ3) is 5.79. The topological polar surface area (TPSA) is 40.6 Å². The third-order valence-corrected chi connectivity index (χ3v) is 3.59. The van der Waals surface area contributed by atoms with Crippen LogP contribution in [0.5, 0.6) is 0 Å². The summed E-state index contributed by atoms with van der Waals surface area (Å²) in [6.07, 6.45) is 1.39. The normalized spacial score (nSPS) is 11.8. The number of benzene rings is 1. The van der Waals surface area contributed by atoms with E-state index in [4.69, 9.17) is 0 Å². The van der Waals surface area contributed by atoms with Gasteiger partial charge >= 0.3 is 0 Å². The molecule has 4 nitrogen and oxygen atoms in total. The molecule has 21 heavy (non-hydrogen) atoms. The number of thiol groups is 1. The first-order valence-electron chi connectivity index (χ1n) is 7.16. The van der Waals surface area contributed by atoms with Gasteiger partial charge in [0.15, 0.2) is 0 Å². The minimum Gasteiger partial charge on any atom is -0.347 e. The van der Waals surface area contributed by atoms with Crippen LogP contribution in [0.1, 0.15) is 18.9 Å². The second-order valence-corrected chi connectivity index (χ2v) is 5.88. The molecular formula is C16H24N2O2S. The maximum atomic E-state index is 12.5. The fourth-order valence-electron chi connectivity index (χ4n) is 1.98. The summed E-state index contributed by atoms with van der Waals surface area (Å²) in [7, 11) is 3.39. The lowest BCUT2D eigenvalue weighted by molar-refractivity contribution is -0.138. The number of hydrogen-bond donors (Lipinski definition) is 1. The van der Waals surface area contributed by atoms with Crippen LogP contribution >= 0.6 is 12.6 Å². The Hall–Kier alpha value is -1.49. The van der Waals surface area contributed by atoms with Gasteiger partial charge in [-0.1, -0.05) is 37.3 Å². The first-order chi connectivity index (χ1) is 9.95. The largest absolute Gasteiger partial charge is 0.347 e. The van der Waals surface area contributed by atoms with E-state index in [-0.39, 0.29) is 18.4 Å². The van der Waals surface area contributed by atoms with Crippen LogP contribution in [-0.4, -0.2) is 54.0 Å². The van der Waals surface area contributed by atoms with Gasteiger partial charge in [0, 0.05) is 20.6 Å². The molecule has 0 aliphatic rings. The van der Waals surface area contributed by atoms with E-state index in [1.807, 2.05) is 37.3 Å². The monoisotopic (exact) mass is 308 g/mol. The first-order valence-corrected chi connectivity index (χ1v) is 7.68. The molecule has 116 valence electrons. The number of nitrogens with zero attached hydrogens (tertiary/aromatic N) is 2. The van der Waals surface area contributed by atoms with Gasteiger partial charge in [0.2, 0.25) is 11.8 Å². The van der Waals surface area contributed by atoms with Crippen LogP contribution in [0.15, 0.2) is 30.3 Å². The van der Waals surface area contributed by atoms with E-state index in [9.17, 15) is 9.59 Å². The maximum absolute atomic E-state index is 12.5. The van der Waals surface area contributed by atoms with Gasteiger partial charge in [0.05, 0.1) is 11.8 Å². The van der Waals surface area contributed by atoms with E-state index in [0.717, 1.165) is 12.0 Å². The van der Waals surface area contributed by atoms with Crippen LogP contribution in [0.3, 0.4) is 0 Å². The Labute approximate surface area is 132 Å². The molecule has 0 spiro atoms. The Bertz CT molecular complexity index is 463. The van der Waals surface area contributed by atoms with Gasteiger partial charge < -0.3 is 9.80 Å². The fraction of sp³-hybridized carbons (Fsp3) is 0.500. The quantitative estimate of drug-likeness (QED) is 0.781. The number of amides is 2. The highest BCUT2D eigenvalue weighted by molar-refractivity contribution is 7.81. The summed E-state index contributed by atoms with van der Waals surface area (Å²) in [5, 5.41) is -0.422. The average molecular weight is 308 g/mol. The predicted octanol–water partition coefficient (Wildman–Crippen LogP) is 1.85. The molecule has 0 heterocycles. The Morgan fingerprint density at radius 2 is 1.81 bits per heavy atom. The van der Waals surface area contributed by atoms with Crippen molar-refractivity contribution in [3.05, 3.63) is 35.9 Å². The summed E-state index contributed by atoms with van der Waals surface area (Å²) in [6, 6.07) is 9.79. The molecule has 0 aliphatic heterocycles. The van der Waals surface area contributed by atoms with Gasteiger partial charge in [-0.15, -0.1) is 0 Å². The molecule has 0 fully saturated rings. The first kappa shape index (κ1) is 17.6. The molecule has 0 saturated heterocycles. The van der Waals surface area contributed by atoms with Crippen LogP contribution in [-0.2, 0) is 16.0 Å². The van der Waals surface area contributed by atoms with E-state index >= 15 is 0 Å². The van der Waals surface area contributed by atoms with Crippen LogP contribution in [0.4, 0.5) is 0 Å². The second-order valence-electron chi connectivity index (χ2n) is 5.25. The van der Waals surface area contributed by atoms with Crippen LogP contribution in [0.25, 0.3) is 0 Å². The smallest absolute Gasteiger partial charge is 0.241 e. The summed E-state index contributed by atoms with van der Waals surface area (Å²) in [5.74, 6) is -0.156. The van der Waals surface area contributed by atoms with Gasteiger partial charge in [-0.05, 0) is 18.4 Å². The van der Waals surface area contributed by atoms with E-state index in [1.54, 1.807) is 19.0 Å². The van der Waals surface area contributed by atoms with Crippen molar-refractivity contribution in [3.63, 3.8) is 0 Å². The number of likely N-dealkylation sites (N-methyl/N-ethyl adjacent to an activating group) is 1. The molecule has 5 heteroatoms. The molecule has 0 bridgehead atoms. The molecule has 0 N–H and O–H groups in total. The zero-order valence-corrected chi connectivity index (χ0v) is 13.8. The minimum absolute atomic E-state index is 0.0722. The standard InChI is InChI=1S/C16H24N2O2S/c1-4-10-18(12-15(19)17(2)3)16(20)14(21)11-13-8-6-5-7-9-13/h5-9,14,21H,4,10-12H2,1-3H3. The van der Waals surface area contributed by atoms with E-state index < -0.39 is 5.25 Å². The van der Waals surface area contributed by atoms with Crippen molar-refractivity contribution < 1.29 is 9.59 Å². The summed E-state index contributed by atoms with van der Waals surface area (Å²) < 4.78 is 0. The lowest BCUT2D eigenvalue weighted by Gasteiger charge is -2.26. The molecule has 0 aromatic heterocycles. The van der Waals surface area contributed by atoms with Crippen LogP contribution in [0, 0.1) is 0 Å². The molecular weight excluding hydrogens is 284 g/mol. The van der Waals surface area contributed by atoms with Gasteiger partial charge in [-0.2, -0.15) is 12.6 Å². The highest BCUT2D eigenvalue weighted by atomic mass is 32.1. The molecule has 1 unspecified atom stereocenters. The van der Waals surface area contributed by atoms with Crippen molar-refractivity contribution in [2.45, 2.75) is 25.0 Å². The fourth-order valence-corrected chi connectivity index (χ4v) is 2.35. The summed E-state index contributed by atoms with van der Waals surface area (Å²) in [6.45, 7) is 2.68. The molecule has 1 aromatic carbocycles. The lowest BCUT2D eigenvalue weighted by atomic mass is 10.1. The molecule has 0 aliphatic carbocycles. The SMILES string of the molecule is CCCN(CC(=O)N(C)C)C(=O)C(S)Cc1ccccc1. The second kappa shape index (κ2) is 8.72. The van der Waals surface area contributed by atoms with Crippen molar-refractivity contribution in [1.29, 1.82) is 0 Å². The number of rotatable bonds is 7. The highest BCUT2D eigenvalue weighted by Gasteiger charge is 2.23. The Kier molecular flexibility index (Phi) is 7.29. The Balaban J connectivity index is 2.68. The van der Waals surface area contributed by atoms with Crippen LogP contribution in [0.2, 0.25) is 0 Å². The van der Waals surface area contributed by atoms with Crippen molar-refractivity contribution in [3.8, 4) is 0 Å². The van der Waals surface area contributed by atoms with Gasteiger partial charge in [0.25, 0.3) is 0 Å². The minimum atomic E-state index is -0.422. The van der Waals surface area contributed by atoms with E-state index in [0.29, 0.717) is 13.0 Å². The Morgan fingerprint density at radius 1 is 1.19 bits per heavy atom. The highest BCUT2D eigenvalue weighted by Crippen LogP contribution is 2.11. The Morgan fingerprint density at radius 3 is 2.33 bits per heavy atom. The predicted molar refractivity (Wildman–Crippen MR) is 88.5 cm³/mol. The summed E-state index contributed by atoms with van der Waals surface area (Å²) in [4.78, 5) is 27.4. The average Bonchev–Trinajstić information content (AvgIpc) is 2.46. The molecule has 0 radical (unpaired) electrons. The zero-order chi connectivity index (χ0) is 15.8. The van der Waals surface area contributed by atoms with Crippen molar-refractivity contribution in [2.75, 3.05) is 27.2 Å². The van der Waals surface area contributed by atoms with Gasteiger partial charge in [0.1, 0.15) is 0 Å². The maximum Gasteiger partial charge on any atom is 0.241 e. The number of hydrogen-bond acceptors (Lipinski definition) is 3. The molecule has 1 atom stereocenters. The van der Waals surface area contributed by atoms with E-state index in [2.05, 4.69) is 12.6 Å². The van der Waals surface area contributed by atoms with Crippen molar-refractivity contribution in [1.82, 2.24) is 9.80 Å². The number of carbonyl (C=O) groups excluding carboxylic acids is 2. The molecule has 1 aromatic rings. The third-order valence-electron chi connectivity index (χ3n) is 3.19. The summed E-state index contributed by atoms with van der Waals surface area (Å²) >= 11 is 4.43. The van der Waals surface area contributed by atoms with E-state index in [1.165, 1.54) is 4.90 Å². The summed E-state index contributed by atoms with van der Waals surface area (Å²) in [5.41, 5.74) is 1.07. The van der Waals surface area contributed by atoms with Crippen LogP contribution < -0.4 is 0 Å². The lowest BCUT2D eigenvalue weighted by Crippen LogP contribution is -2.44. The van der Waals surface area contributed by atoms with Gasteiger partial charge in [-0.3, -0.25) is 9.59 Å². The zero-order valence-electron chi connectivity index (χ0n) is 13.0.